The lowest BCUT2D eigenvalue weighted by Crippen LogP contribution is -2.43. The minimum atomic E-state index is -1.03. The molecule has 1 aliphatic heterocycles. The van der Waals surface area contributed by atoms with E-state index in [0.717, 1.165) is 35.7 Å². The number of benzene rings is 3. The van der Waals surface area contributed by atoms with Gasteiger partial charge in [0.05, 0.1) is 0 Å². The zero-order valence-electron chi connectivity index (χ0n) is 16.4. The predicted molar refractivity (Wildman–Crippen MR) is 111 cm³/mol. The van der Waals surface area contributed by atoms with Crippen LogP contribution in [0.4, 0.5) is 8.78 Å². The quantitative estimate of drug-likeness (QED) is 0.696. The Morgan fingerprint density at radius 1 is 1.00 bits per heavy atom. The summed E-state index contributed by atoms with van der Waals surface area (Å²) >= 11 is 0. The first kappa shape index (κ1) is 20.0. The molecule has 1 atom stereocenters. The molecule has 4 nitrogen and oxygen atoms in total. The van der Waals surface area contributed by atoms with Crippen LogP contribution in [0.1, 0.15) is 33.6 Å². The van der Waals surface area contributed by atoms with Crippen LogP contribution in [0.2, 0.25) is 0 Å². The van der Waals surface area contributed by atoms with E-state index >= 15 is 0 Å². The van der Waals surface area contributed by atoms with Crippen LogP contribution in [-0.4, -0.2) is 36.3 Å². The average molecular weight is 408 g/mol. The molecule has 4 rings (SSSR count). The van der Waals surface area contributed by atoms with Crippen molar-refractivity contribution in [2.75, 3.05) is 19.6 Å². The Morgan fingerprint density at radius 3 is 2.63 bits per heavy atom. The number of carbonyl (C=O) groups is 2. The van der Waals surface area contributed by atoms with Crippen LogP contribution in [0.5, 0.6) is 0 Å². The van der Waals surface area contributed by atoms with Gasteiger partial charge in [-0.3, -0.25) is 9.59 Å². The molecular weight excluding hydrogens is 386 g/mol. The van der Waals surface area contributed by atoms with Crippen LogP contribution < -0.4 is 5.32 Å². The maximum atomic E-state index is 13.5. The lowest BCUT2D eigenvalue weighted by atomic mass is 9.97. The van der Waals surface area contributed by atoms with Crippen molar-refractivity contribution >= 4 is 22.6 Å². The zero-order chi connectivity index (χ0) is 21.1. The van der Waals surface area contributed by atoms with E-state index in [2.05, 4.69) is 5.32 Å². The van der Waals surface area contributed by atoms with Gasteiger partial charge in [-0.1, -0.05) is 36.4 Å². The number of piperidine rings is 1. The van der Waals surface area contributed by atoms with Crippen molar-refractivity contribution in [3.63, 3.8) is 0 Å². The summed E-state index contributed by atoms with van der Waals surface area (Å²) < 4.78 is 26.6. The predicted octanol–water partition coefficient (Wildman–Crippen LogP) is 4.40. The summed E-state index contributed by atoms with van der Waals surface area (Å²) in [6.45, 7) is 1.48. The SMILES string of the molecule is O=C(NCC1CCCN(C(=O)c2ccc(F)c(F)c2)C1)c1cccc2ccccc12. The number of carbonyl (C=O) groups excluding carboxylic acids is 2. The molecule has 0 spiro atoms. The highest BCUT2D eigenvalue weighted by atomic mass is 19.2. The lowest BCUT2D eigenvalue weighted by Gasteiger charge is -2.33. The molecule has 154 valence electrons. The molecule has 30 heavy (non-hydrogen) atoms. The van der Waals surface area contributed by atoms with E-state index in [-0.39, 0.29) is 23.3 Å². The van der Waals surface area contributed by atoms with Gasteiger partial charge >= 0.3 is 0 Å². The summed E-state index contributed by atoms with van der Waals surface area (Å²) in [6, 6.07) is 16.6. The number of likely N-dealkylation sites (tertiary alicyclic amines) is 1. The van der Waals surface area contributed by atoms with Crippen LogP contribution in [-0.2, 0) is 0 Å². The molecule has 2 amide bonds. The Kier molecular flexibility index (Phi) is 5.74. The third-order valence-electron chi connectivity index (χ3n) is 5.56. The van der Waals surface area contributed by atoms with Crippen molar-refractivity contribution in [2.45, 2.75) is 12.8 Å². The van der Waals surface area contributed by atoms with E-state index in [1.807, 2.05) is 36.4 Å². The van der Waals surface area contributed by atoms with Gasteiger partial charge in [0.15, 0.2) is 11.6 Å². The normalized spacial score (nSPS) is 16.5. The number of hydrogen-bond donors (Lipinski definition) is 1. The molecule has 0 bridgehead atoms. The number of rotatable bonds is 4. The second kappa shape index (κ2) is 8.61. The van der Waals surface area contributed by atoms with Crippen LogP contribution in [0.15, 0.2) is 60.7 Å². The molecule has 3 aromatic rings. The maximum Gasteiger partial charge on any atom is 0.253 e. The first-order valence-electron chi connectivity index (χ1n) is 10.0. The molecule has 1 fully saturated rings. The Balaban J connectivity index is 1.40. The van der Waals surface area contributed by atoms with Gasteiger partial charge in [0.2, 0.25) is 0 Å². The first-order chi connectivity index (χ1) is 14.5. The summed E-state index contributed by atoms with van der Waals surface area (Å²) in [5.41, 5.74) is 0.757. The van der Waals surface area contributed by atoms with Crippen molar-refractivity contribution in [1.29, 1.82) is 0 Å². The third-order valence-corrected chi connectivity index (χ3v) is 5.56. The largest absolute Gasteiger partial charge is 0.352 e. The summed E-state index contributed by atoms with van der Waals surface area (Å²) in [7, 11) is 0. The van der Waals surface area contributed by atoms with Crippen molar-refractivity contribution < 1.29 is 18.4 Å². The smallest absolute Gasteiger partial charge is 0.253 e. The van der Waals surface area contributed by atoms with Crippen LogP contribution >= 0.6 is 0 Å². The number of halogens is 2. The van der Waals surface area contributed by atoms with E-state index in [9.17, 15) is 18.4 Å². The highest BCUT2D eigenvalue weighted by Crippen LogP contribution is 2.21. The number of amides is 2. The third kappa shape index (κ3) is 4.17. The Labute approximate surface area is 173 Å². The minimum Gasteiger partial charge on any atom is -0.352 e. The monoisotopic (exact) mass is 408 g/mol. The fourth-order valence-electron chi connectivity index (χ4n) is 3.98. The first-order valence-corrected chi connectivity index (χ1v) is 10.0. The molecule has 3 aromatic carbocycles. The number of nitrogens with one attached hydrogen (secondary N) is 1. The molecular formula is C24H22F2N2O2. The van der Waals surface area contributed by atoms with Crippen molar-refractivity contribution in [3.8, 4) is 0 Å². The fraction of sp³-hybridized carbons (Fsp3) is 0.250. The standard InChI is InChI=1S/C24H22F2N2O2/c25-21-11-10-18(13-22(21)26)24(30)28-12-4-5-16(15-28)14-27-23(29)20-9-3-7-17-6-1-2-8-19(17)20/h1-3,6-11,13,16H,4-5,12,14-15H2,(H,27,29). The molecule has 0 saturated carbocycles. The van der Waals surface area contributed by atoms with Gasteiger partial charge in [-0.2, -0.15) is 0 Å². The molecule has 6 heteroatoms. The average Bonchev–Trinajstić information content (AvgIpc) is 2.78. The molecule has 0 radical (unpaired) electrons. The number of fused-ring (bicyclic) bond motifs is 1. The highest BCUT2D eigenvalue weighted by Gasteiger charge is 2.25. The molecule has 1 N–H and O–H groups in total. The Bertz CT molecular complexity index is 1090. The van der Waals surface area contributed by atoms with Crippen molar-refractivity contribution in [1.82, 2.24) is 10.2 Å². The number of hydrogen-bond acceptors (Lipinski definition) is 2. The second-order valence-electron chi connectivity index (χ2n) is 7.63. The van der Waals surface area contributed by atoms with Gasteiger partial charge < -0.3 is 10.2 Å². The van der Waals surface area contributed by atoms with E-state index in [1.54, 1.807) is 11.0 Å². The summed E-state index contributed by atoms with van der Waals surface area (Å²) in [5.74, 6) is -2.36. The molecule has 1 saturated heterocycles. The van der Waals surface area contributed by atoms with Crippen molar-refractivity contribution in [2.24, 2.45) is 5.92 Å². The minimum absolute atomic E-state index is 0.104. The van der Waals surface area contributed by atoms with E-state index in [0.29, 0.717) is 25.2 Å². The van der Waals surface area contributed by atoms with Gasteiger partial charge in [-0.15, -0.1) is 0 Å². The number of nitrogens with zero attached hydrogens (tertiary/aromatic N) is 1. The highest BCUT2D eigenvalue weighted by molar-refractivity contribution is 6.07. The fourth-order valence-corrected chi connectivity index (χ4v) is 3.98. The van der Waals surface area contributed by atoms with Gasteiger partial charge in [0.1, 0.15) is 0 Å². The zero-order valence-corrected chi connectivity index (χ0v) is 16.4. The van der Waals surface area contributed by atoms with E-state index < -0.39 is 11.6 Å². The molecule has 0 aromatic heterocycles. The van der Waals surface area contributed by atoms with Gasteiger partial charge in [-0.25, -0.2) is 8.78 Å². The molecule has 1 aliphatic rings. The Hall–Kier alpha value is -3.28. The topological polar surface area (TPSA) is 49.4 Å². The summed E-state index contributed by atoms with van der Waals surface area (Å²) in [4.78, 5) is 27.0. The van der Waals surface area contributed by atoms with Gasteiger partial charge in [0, 0.05) is 30.8 Å². The van der Waals surface area contributed by atoms with Crippen molar-refractivity contribution in [3.05, 3.63) is 83.4 Å². The van der Waals surface area contributed by atoms with E-state index in [1.165, 1.54) is 6.07 Å². The molecule has 1 heterocycles. The van der Waals surface area contributed by atoms with Crippen LogP contribution in [0.25, 0.3) is 10.8 Å². The summed E-state index contributed by atoms with van der Waals surface area (Å²) in [5, 5.41) is 4.90. The second-order valence-corrected chi connectivity index (χ2v) is 7.63. The Morgan fingerprint density at radius 2 is 1.80 bits per heavy atom. The van der Waals surface area contributed by atoms with Gasteiger partial charge in [-0.05, 0) is 53.8 Å². The van der Waals surface area contributed by atoms with Gasteiger partial charge in [0.25, 0.3) is 11.8 Å². The van der Waals surface area contributed by atoms with E-state index in [4.69, 9.17) is 0 Å². The van der Waals surface area contributed by atoms with Crippen LogP contribution in [0, 0.1) is 17.6 Å². The molecule has 1 unspecified atom stereocenters. The van der Waals surface area contributed by atoms with Crippen LogP contribution in [0.3, 0.4) is 0 Å². The maximum absolute atomic E-state index is 13.5. The summed E-state index contributed by atoms with van der Waals surface area (Å²) in [6.07, 6.45) is 1.68. The molecule has 0 aliphatic carbocycles. The lowest BCUT2D eigenvalue weighted by molar-refractivity contribution is 0.0670.